The summed E-state index contributed by atoms with van der Waals surface area (Å²) in [6.45, 7) is 6.07. The second-order valence-electron chi connectivity index (χ2n) is 9.99. The van der Waals surface area contributed by atoms with Crippen molar-refractivity contribution in [2.45, 2.75) is 51.9 Å². The van der Waals surface area contributed by atoms with Gasteiger partial charge in [0.2, 0.25) is 0 Å². The van der Waals surface area contributed by atoms with E-state index in [0.29, 0.717) is 31.8 Å². The van der Waals surface area contributed by atoms with Crippen LogP contribution in [0.3, 0.4) is 0 Å². The van der Waals surface area contributed by atoms with E-state index >= 15 is 0 Å². The van der Waals surface area contributed by atoms with Crippen molar-refractivity contribution in [1.29, 1.82) is 0 Å². The fraction of sp³-hybridized carbons (Fsp3) is 0.375. The molecule has 1 aliphatic heterocycles. The minimum atomic E-state index is 0.244. The van der Waals surface area contributed by atoms with Crippen molar-refractivity contribution in [3.05, 3.63) is 101 Å². The molecule has 1 unspecified atom stereocenters. The third-order valence-electron chi connectivity index (χ3n) is 7.08. The van der Waals surface area contributed by atoms with Crippen LogP contribution in [0.5, 0.6) is 5.75 Å². The molecular formula is C32H40N4O2. The fourth-order valence-corrected chi connectivity index (χ4v) is 4.89. The zero-order chi connectivity index (χ0) is 26.7. The molecule has 0 amide bonds. The summed E-state index contributed by atoms with van der Waals surface area (Å²) in [6.07, 6.45) is 11.5. The predicted molar refractivity (Wildman–Crippen MR) is 156 cm³/mol. The maximum absolute atomic E-state index is 9.87. The van der Waals surface area contributed by atoms with E-state index in [1.165, 1.54) is 16.7 Å². The summed E-state index contributed by atoms with van der Waals surface area (Å²) in [5, 5.41) is 17.0. The number of allylic oxidation sites excluding steroid dienone is 5. The van der Waals surface area contributed by atoms with Gasteiger partial charge in [-0.25, -0.2) is 4.99 Å². The van der Waals surface area contributed by atoms with E-state index in [2.05, 4.69) is 71.7 Å². The van der Waals surface area contributed by atoms with Gasteiger partial charge in [-0.2, -0.15) is 0 Å². The molecule has 2 aliphatic rings. The summed E-state index contributed by atoms with van der Waals surface area (Å²) < 4.78 is 5.96. The predicted octanol–water partition coefficient (Wildman–Crippen LogP) is 6.46. The van der Waals surface area contributed by atoms with Crippen LogP contribution >= 0.6 is 0 Å². The molecule has 1 heterocycles. The molecule has 2 N–H and O–H groups in total. The highest BCUT2D eigenvalue weighted by molar-refractivity contribution is 6.03. The number of guanidine groups is 1. The number of aliphatic imine (C=N–C) groups is 1. The average Bonchev–Trinajstić information content (AvgIpc) is 2.96. The monoisotopic (exact) mass is 512 g/mol. The summed E-state index contributed by atoms with van der Waals surface area (Å²) >= 11 is 0. The Morgan fingerprint density at radius 1 is 1.13 bits per heavy atom. The van der Waals surface area contributed by atoms with Gasteiger partial charge in [-0.15, -0.1) is 0 Å². The standard InChI is InChI=1S/C32H40N4O2/c1-4-30-29(31(35-37)21-24(2)27-13-9-6-10-14-27)23-36(3)32(34-30)33-19-20-38-28-17-15-26(16-18-28)22-25-11-7-5-8-12-25/h6-7,9-18,24,37H,4-5,8,19-23H2,1-3H3,(H,33,34)/b35-31+. The normalized spacial score (nSPS) is 16.7. The molecule has 0 saturated carbocycles. The summed E-state index contributed by atoms with van der Waals surface area (Å²) in [4.78, 5) is 6.94. The second kappa shape index (κ2) is 13.7. The van der Waals surface area contributed by atoms with Crippen molar-refractivity contribution in [2.24, 2.45) is 10.1 Å². The highest BCUT2D eigenvalue weighted by Crippen LogP contribution is 2.26. The molecule has 4 rings (SSSR count). The van der Waals surface area contributed by atoms with E-state index in [9.17, 15) is 5.21 Å². The Morgan fingerprint density at radius 2 is 1.92 bits per heavy atom. The van der Waals surface area contributed by atoms with Gasteiger partial charge in [0.25, 0.3) is 0 Å². The van der Waals surface area contributed by atoms with Crippen LogP contribution in [0.25, 0.3) is 0 Å². The number of oxime groups is 1. The summed E-state index contributed by atoms with van der Waals surface area (Å²) in [5.74, 6) is 1.93. The number of ether oxygens (including phenoxy) is 1. The van der Waals surface area contributed by atoms with E-state index in [1.807, 2.05) is 37.4 Å². The van der Waals surface area contributed by atoms with Crippen LogP contribution in [-0.4, -0.2) is 48.5 Å². The Kier molecular flexibility index (Phi) is 9.79. The third-order valence-corrected chi connectivity index (χ3v) is 7.08. The van der Waals surface area contributed by atoms with Gasteiger partial charge >= 0.3 is 0 Å². The molecule has 0 bridgehead atoms. The van der Waals surface area contributed by atoms with Crippen molar-refractivity contribution in [1.82, 2.24) is 10.2 Å². The van der Waals surface area contributed by atoms with Gasteiger partial charge in [0, 0.05) is 19.2 Å². The van der Waals surface area contributed by atoms with Crippen LogP contribution in [-0.2, 0) is 6.42 Å². The zero-order valence-corrected chi connectivity index (χ0v) is 22.9. The van der Waals surface area contributed by atoms with Crippen LogP contribution in [0, 0.1) is 0 Å². The lowest BCUT2D eigenvalue weighted by Crippen LogP contribution is -2.44. The number of hydrogen-bond acceptors (Lipinski definition) is 6. The minimum Gasteiger partial charge on any atom is -0.492 e. The molecule has 38 heavy (non-hydrogen) atoms. The molecule has 1 aliphatic carbocycles. The van der Waals surface area contributed by atoms with Gasteiger partial charge < -0.3 is 20.2 Å². The van der Waals surface area contributed by atoms with Gasteiger partial charge in [0.05, 0.1) is 18.0 Å². The number of hydrogen-bond donors (Lipinski definition) is 2. The van der Waals surface area contributed by atoms with Crippen LogP contribution in [0.2, 0.25) is 0 Å². The van der Waals surface area contributed by atoms with Crippen molar-refractivity contribution >= 4 is 11.7 Å². The second-order valence-corrected chi connectivity index (χ2v) is 9.99. The average molecular weight is 513 g/mol. The molecule has 0 radical (unpaired) electrons. The molecule has 2 aromatic carbocycles. The topological polar surface area (TPSA) is 69.5 Å². The molecule has 0 aromatic heterocycles. The van der Waals surface area contributed by atoms with Crippen LogP contribution in [0.4, 0.5) is 0 Å². The van der Waals surface area contributed by atoms with E-state index in [4.69, 9.17) is 9.73 Å². The van der Waals surface area contributed by atoms with E-state index < -0.39 is 0 Å². The van der Waals surface area contributed by atoms with Gasteiger partial charge in [0.1, 0.15) is 12.4 Å². The highest BCUT2D eigenvalue weighted by atomic mass is 16.5. The van der Waals surface area contributed by atoms with Gasteiger partial charge in [-0.1, -0.05) is 79.7 Å². The molecule has 0 saturated heterocycles. The lowest BCUT2D eigenvalue weighted by molar-refractivity contribution is 0.316. The highest BCUT2D eigenvalue weighted by Gasteiger charge is 2.24. The lowest BCUT2D eigenvalue weighted by Gasteiger charge is -2.30. The van der Waals surface area contributed by atoms with Gasteiger partial charge in [-0.05, 0) is 66.9 Å². The molecular weight excluding hydrogens is 472 g/mol. The number of likely N-dealkylation sites (N-methyl/N-ethyl adjacent to an activating group) is 1. The largest absolute Gasteiger partial charge is 0.492 e. The molecule has 2 aromatic rings. The maximum Gasteiger partial charge on any atom is 0.199 e. The van der Waals surface area contributed by atoms with Gasteiger partial charge in [-0.3, -0.25) is 0 Å². The maximum atomic E-state index is 9.87. The minimum absolute atomic E-state index is 0.244. The molecule has 0 fully saturated rings. The van der Waals surface area contributed by atoms with Gasteiger partial charge in [0.15, 0.2) is 5.96 Å². The first kappa shape index (κ1) is 27.2. The first-order chi connectivity index (χ1) is 18.6. The Morgan fingerprint density at radius 3 is 2.61 bits per heavy atom. The summed E-state index contributed by atoms with van der Waals surface area (Å²) in [6, 6.07) is 18.7. The Hall–Kier alpha value is -3.80. The number of nitrogens with one attached hydrogen (secondary N) is 1. The number of rotatable bonds is 11. The van der Waals surface area contributed by atoms with Crippen LogP contribution in [0.1, 0.15) is 56.6 Å². The van der Waals surface area contributed by atoms with E-state index in [0.717, 1.165) is 48.7 Å². The molecule has 6 heteroatoms. The smallest absolute Gasteiger partial charge is 0.199 e. The Balaban J connectivity index is 1.30. The number of nitrogens with zero attached hydrogens (tertiary/aromatic N) is 3. The quantitative estimate of drug-likeness (QED) is 0.157. The first-order valence-corrected chi connectivity index (χ1v) is 13.7. The Bertz CT molecular complexity index is 1210. The zero-order valence-electron chi connectivity index (χ0n) is 22.9. The molecule has 1 atom stereocenters. The van der Waals surface area contributed by atoms with E-state index in [-0.39, 0.29) is 5.92 Å². The van der Waals surface area contributed by atoms with Crippen molar-refractivity contribution < 1.29 is 9.94 Å². The fourth-order valence-electron chi connectivity index (χ4n) is 4.89. The van der Waals surface area contributed by atoms with Crippen molar-refractivity contribution in [3.63, 3.8) is 0 Å². The number of benzene rings is 2. The molecule has 6 nitrogen and oxygen atoms in total. The van der Waals surface area contributed by atoms with Crippen LogP contribution in [0.15, 0.2) is 99.8 Å². The summed E-state index contributed by atoms with van der Waals surface area (Å²) in [7, 11) is 2.00. The van der Waals surface area contributed by atoms with Crippen molar-refractivity contribution in [3.8, 4) is 5.75 Å². The summed E-state index contributed by atoms with van der Waals surface area (Å²) in [5.41, 5.74) is 6.58. The SMILES string of the molecule is CCC1=C(/C(CC(C)c2ccccc2)=N/O)CN(C)C(NCCOc2ccc(CC3=CCCC=C3)cc2)=N1. The van der Waals surface area contributed by atoms with Crippen LogP contribution < -0.4 is 10.1 Å². The third kappa shape index (κ3) is 7.37. The first-order valence-electron chi connectivity index (χ1n) is 13.7. The van der Waals surface area contributed by atoms with E-state index in [1.54, 1.807) is 0 Å². The Labute approximate surface area is 227 Å². The lowest BCUT2D eigenvalue weighted by atomic mass is 9.91. The molecule has 200 valence electrons. The van der Waals surface area contributed by atoms with Crippen molar-refractivity contribution in [2.75, 3.05) is 26.7 Å². The molecule has 0 spiro atoms.